The number of carbonyl (C=O) groups is 1. The quantitative estimate of drug-likeness (QED) is 0.703. The summed E-state index contributed by atoms with van der Waals surface area (Å²) >= 11 is 5.67. The zero-order valence-electron chi connectivity index (χ0n) is 18.4. The summed E-state index contributed by atoms with van der Waals surface area (Å²) in [6, 6.07) is 20.5. The van der Waals surface area contributed by atoms with Crippen molar-refractivity contribution in [3.05, 3.63) is 71.8 Å². The van der Waals surface area contributed by atoms with Crippen LogP contribution in [0.25, 0.3) is 0 Å². The van der Waals surface area contributed by atoms with E-state index in [9.17, 15) is 4.79 Å². The summed E-state index contributed by atoms with van der Waals surface area (Å²) in [5.41, 5.74) is 2.09. The largest absolute Gasteiger partial charge is 0.358 e. The molecule has 2 N–H and O–H groups in total. The van der Waals surface area contributed by atoms with Crippen LogP contribution in [0.5, 0.6) is 0 Å². The molecule has 0 aliphatic carbocycles. The minimum Gasteiger partial charge on any atom is -0.358 e. The number of nitrogens with zero attached hydrogens (tertiary/aromatic N) is 2. The van der Waals surface area contributed by atoms with Crippen LogP contribution in [0.2, 0.25) is 0 Å². The molecular formula is C25H32N4OS. The van der Waals surface area contributed by atoms with Crippen LogP contribution in [0, 0.1) is 5.92 Å². The van der Waals surface area contributed by atoms with Crippen LogP contribution in [0.15, 0.2) is 60.7 Å². The van der Waals surface area contributed by atoms with E-state index < -0.39 is 0 Å². The number of nitrogens with one attached hydrogen (secondary N) is 2. The molecule has 5 nitrogen and oxygen atoms in total. The third kappa shape index (κ3) is 4.75. The number of carbonyl (C=O) groups excluding carboxylic acids is 1. The summed E-state index contributed by atoms with van der Waals surface area (Å²) in [5, 5.41) is 7.91. The molecule has 1 unspecified atom stereocenters. The van der Waals surface area contributed by atoms with Gasteiger partial charge in [0.2, 0.25) is 5.91 Å². The molecule has 2 aromatic rings. The molecule has 2 saturated heterocycles. The summed E-state index contributed by atoms with van der Waals surface area (Å²) in [7, 11) is 0. The van der Waals surface area contributed by atoms with E-state index in [0.717, 1.165) is 37.6 Å². The number of piperidine rings is 1. The van der Waals surface area contributed by atoms with E-state index >= 15 is 0 Å². The highest BCUT2D eigenvalue weighted by molar-refractivity contribution is 7.80. The van der Waals surface area contributed by atoms with Crippen LogP contribution in [-0.4, -0.2) is 45.6 Å². The van der Waals surface area contributed by atoms with E-state index in [1.54, 1.807) is 0 Å². The average Bonchev–Trinajstić information content (AvgIpc) is 3.06. The van der Waals surface area contributed by atoms with Crippen molar-refractivity contribution >= 4 is 23.2 Å². The van der Waals surface area contributed by atoms with Crippen molar-refractivity contribution in [3.63, 3.8) is 0 Å². The molecule has 0 bridgehead atoms. The van der Waals surface area contributed by atoms with E-state index in [0.29, 0.717) is 6.54 Å². The Labute approximate surface area is 190 Å². The van der Waals surface area contributed by atoms with E-state index in [1.807, 2.05) is 36.4 Å². The molecule has 1 amide bonds. The second-order valence-electron chi connectivity index (χ2n) is 8.94. The van der Waals surface area contributed by atoms with Crippen LogP contribution in [0.3, 0.4) is 0 Å². The lowest BCUT2D eigenvalue weighted by Crippen LogP contribution is -2.60. The summed E-state index contributed by atoms with van der Waals surface area (Å²) in [6.45, 7) is 7.27. The van der Waals surface area contributed by atoms with Gasteiger partial charge in [-0.25, -0.2) is 0 Å². The van der Waals surface area contributed by atoms with Gasteiger partial charge < -0.3 is 15.1 Å². The fourth-order valence-corrected chi connectivity index (χ4v) is 4.89. The first-order valence-corrected chi connectivity index (χ1v) is 11.6. The SMILES string of the molecule is CC(C)C1NC2(CCN(C(=S)NCc3ccccc3)CC2)N(Cc2ccccc2)C1=O. The van der Waals surface area contributed by atoms with E-state index in [-0.39, 0.29) is 23.5 Å². The number of hydrogen-bond donors (Lipinski definition) is 2. The van der Waals surface area contributed by atoms with Gasteiger partial charge in [-0.2, -0.15) is 0 Å². The third-order valence-electron chi connectivity index (χ3n) is 6.49. The number of amides is 1. The molecule has 2 heterocycles. The maximum absolute atomic E-state index is 13.3. The Hall–Kier alpha value is -2.44. The molecule has 2 aromatic carbocycles. The fraction of sp³-hybridized carbons (Fsp3) is 0.440. The molecule has 1 atom stereocenters. The van der Waals surface area contributed by atoms with Gasteiger partial charge in [-0.1, -0.05) is 74.5 Å². The molecule has 2 aliphatic heterocycles. The van der Waals surface area contributed by atoms with Gasteiger partial charge in [-0.15, -0.1) is 0 Å². The van der Waals surface area contributed by atoms with E-state index in [1.165, 1.54) is 11.1 Å². The van der Waals surface area contributed by atoms with Gasteiger partial charge in [-0.3, -0.25) is 10.1 Å². The minimum atomic E-state index is -0.298. The molecule has 0 aromatic heterocycles. The maximum Gasteiger partial charge on any atom is 0.241 e. The zero-order chi connectivity index (χ0) is 21.8. The second-order valence-corrected chi connectivity index (χ2v) is 9.33. The van der Waals surface area contributed by atoms with Crippen molar-refractivity contribution in [1.29, 1.82) is 0 Å². The van der Waals surface area contributed by atoms with Crippen LogP contribution in [0.1, 0.15) is 37.8 Å². The zero-order valence-corrected chi connectivity index (χ0v) is 19.2. The molecule has 164 valence electrons. The second kappa shape index (κ2) is 9.37. The predicted octanol–water partition coefficient (Wildman–Crippen LogP) is 3.51. The van der Waals surface area contributed by atoms with Crippen LogP contribution in [0.4, 0.5) is 0 Å². The Morgan fingerprint density at radius 3 is 2.23 bits per heavy atom. The topological polar surface area (TPSA) is 47.6 Å². The third-order valence-corrected chi connectivity index (χ3v) is 6.89. The molecule has 4 rings (SSSR count). The molecule has 0 saturated carbocycles. The van der Waals surface area contributed by atoms with Crippen LogP contribution in [-0.2, 0) is 17.9 Å². The standard InChI is InChI=1S/C25H32N4OS/c1-19(2)22-23(30)29(18-21-11-7-4-8-12-21)25(27-22)13-15-28(16-14-25)24(31)26-17-20-9-5-3-6-10-20/h3-12,19,22,27H,13-18H2,1-2H3,(H,26,31). The van der Waals surface area contributed by atoms with Gasteiger partial charge >= 0.3 is 0 Å². The Morgan fingerprint density at radius 2 is 1.65 bits per heavy atom. The number of rotatable bonds is 5. The first-order chi connectivity index (χ1) is 15.0. The highest BCUT2D eigenvalue weighted by Gasteiger charge is 2.52. The first kappa shape index (κ1) is 21.8. The summed E-state index contributed by atoms with van der Waals surface area (Å²) in [6.07, 6.45) is 1.73. The predicted molar refractivity (Wildman–Crippen MR) is 128 cm³/mol. The number of likely N-dealkylation sites (tertiary alicyclic amines) is 1. The number of thiocarbonyl (C=S) groups is 1. The van der Waals surface area contributed by atoms with Crippen molar-refractivity contribution in [1.82, 2.24) is 20.4 Å². The minimum absolute atomic E-state index is 0.126. The number of hydrogen-bond acceptors (Lipinski definition) is 3. The molecule has 2 fully saturated rings. The fourth-order valence-electron chi connectivity index (χ4n) is 4.63. The molecule has 2 aliphatic rings. The lowest BCUT2D eigenvalue weighted by molar-refractivity contribution is -0.134. The summed E-state index contributed by atoms with van der Waals surface area (Å²) in [4.78, 5) is 17.6. The highest BCUT2D eigenvalue weighted by Crippen LogP contribution is 2.35. The van der Waals surface area contributed by atoms with Crippen LogP contribution >= 0.6 is 12.2 Å². The molecular weight excluding hydrogens is 404 g/mol. The Kier molecular flexibility index (Phi) is 6.58. The van der Waals surface area contributed by atoms with Gasteiger partial charge in [0.1, 0.15) is 0 Å². The first-order valence-electron chi connectivity index (χ1n) is 11.2. The average molecular weight is 437 g/mol. The van der Waals surface area contributed by atoms with Gasteiger partial charge in [-0.05, 0) is 29.3 Å². The van der Waals surface area contributed by atoms with Crippen molar-refractivity contribution in [2.24, 2.45) is 5.92 Å². The summed E-state index contributed by atoms with van der Waals surface area (Å²) < 4.78 is 0. The maximum atomic E-state index is 13.3. The van der Waals surface area contributed by atoms with Crippen LogP contribution < -0.4 is 10.6 Å². The lowest BCUT2D eigenvalue weighted by Gasteiger charge is -2.45. The van der Waals surface area contributed by atoms with E-state index in [4.69, 9.17) is 12.2 Å². The molecule has 6 heteroatoms. The Morgan fingerprint density at radius 1 is 1.06 bits per heavy atom. The Bertz CT molecular complexity index is 894. The highest BCUT2D eigenvalue weighted by atomic mass is 32.1. The monoisotopic (exact) mass is 436 g/mol. The smallest absolute Gasteiger partial charge is 0.241 e. The van der Waals surface area contributed by atoms with Crippen molar-refractivity contribution in [2.75, 3.05) is 13.1 Å². The normalized spacial score (nSPS) is 20.5. The lowest BCUT2D eigenvalue weighted by atomic mass is 9.95. The molecule has 31 heavy (non-hydrogen) atoms. The van der Waals surface area contributed by atoms with Gasteiger partial charge in [0, 0.05) is 39.0 Å². The van der Waals surface area contributed by atoms with E-state index in [2.05, 4.69) is 58.5 Å². The van der Waals surface area contributed by atoms with Gasteiger partial charge in [0.25, 0.3) is 0 Å². The van der Waals surface area contributed by atoms with Crippen molar-refractivity contribution in [3.8, 4) is 0 Å². The molecule has 1 spiro atoms. The molecule has 0 radical (unpaired) electrons. The van der Waals surface area contributed by atoms with Gasteiger partial charge in [0.15, 0.2) is 5.11 Å². The Balaban J connectivity index is 1.42. The van der Waals surface area contributed by atoms with Gasteiger partial charge in [0.05, 0.1) is 11.7 Å². The van der Waals surface area contributed by atoms with Crippen molar-refractivity contribution in [2.45, 2.75) is 51.5 Å². The number of benzene rings is 2. The van der Waals surface area contributed by atoms with Crippen molar-refractivity contribution < 1.29 is 4.79 Å². The summed E-state index contributed by atoms with van der Waals surface area (Å²) in [5.74, 6) is 0.480.